The van der Waals surface area contributed by atoms with Gasteiger partial charge >= 0.3 is 29.6 Å². The predicted octanol–water partition coefficient (Wildman–Crippen LogP) is 3.46. The van der Waals surface area contributed by atoms with E-state index in [4.69, 9.17) is 27.9 Å². The van der Waals surface area contributed by atoms with Crippen LogP contribution < -0.4 is 44.7 Å². The van der Waals surface area contributed by atoms with Crippen LogP contribution in [-0.4, -0.2) is 26.0 Å². The van der Waals surface area contributed by atoms with Crippen LogP contribution >= 0.6 is 23.2 Å². The van der Waals surface area contributed by atoms with Gasteiger partial charge in [0.15, 0.2) is 5.75 Å². The monoisotopic (exact) mass is 581 g/mol. The third-order valence-electron chi connectivity index (χ3n) is 5.34. The standard InChI is InChI=1S/C25H19Cl2N3O6S.Na/c1-13-10-19(21(27)20(11-13)37(33,34)35)29-30-22-15-7-4-3-6-14(15)12-16(23(22)31)25(32)28-18-9-5-8-17(26)24(18)36-2;/h3-12,31H,1-2H3,(H,28,32)(H,33,34,35);/q;+1/p-1. The number of benzene rings is 4. The quantitative estimate of drug-likeness (QED) is 0.203. The van der Waals surface area contributed by atoms with Crippen molar-refractivity contribution in [1.82, 2.24) is 0 Å². The third kappa shape index (κ3) is 6.13. The normalized spacial score (nSPS) is 11.4. The zero-order chi connectivity index (χ0) is 26.9. The van der Waals surface area contributed by atoms with E-state index in [9.17, 15) is 22.9 Å². The molecule has 0 aromatic heterocycles. The first-order valence-corrected chi connectivity index (χ1v) is 12.8. The Labute approximate surface area is 250 Å². The fraction of sp³-hybridized carbons (Fsp3) is 0.0800. The first-order chi connectivity index (χ1) is 17.5. The molecule has 0 saturated carbocycles. The number of hydrogen-bond acceptors (Lipinski definition) is 7. The molecule has 0 fully saturated rings. The second kappa shape index (κ2) is 12.0. The number of hydrogen-bond donors (Lipinski definition) is 2. The van der Waals surface area contributed by atoms with Gasteiger partial charge in [0.1, 0.15) is 10.6 Å². The molecule has 0 radical (unpaired) electrons. The summed E-state index contributed by atoms with van der Waals surface area (Å²) < 4.78 is 38.1. The molecule has 4 rings (SSSR count). The number of para-hydroxylation sites is 1. The van der Waals surface area contributed by atoms with Crippen molar-refractivity contribution < 1.29 is 57.2 Å². The van der Waals surface area contributed by atoms with Crippen LogP contribution in [0.4, 0.5) is 17.1 Å². The zero-order valence-corrected chi connectivity index (χ0v) is 24.6. The van der Waals surface area contributed by atoms with Crippen LogP contribution in [0.3, 0.4) is 0 Å². The fourth-order valence-electron chi connectivity index (χ4n) is 3.66. The van der Waals surface area contributed by atoms with Gasteiger partial charge in [-0.25, -0.2) is 0 Å². The number of anilines is 1. The molecule has 0 atom stereocenters. The van der Waals surface area contributed by atoms with Gasteiger partial charge in [-0.2, -0.15) is 13.5 Å². The van der Waals surface area contributed by atoms with E-state index >= 15 is 0 Å². The molecule has 0 aliphatic carbocycles. The Morgan fingerprint density at radius 1 is 1.05 bits per heavy atom. The smallest absolute Gasteiger partial charge is 0.870 e. The first-order valence-electron chi connectivity index (χ1n) is 10.6. The molecule has 0 heterocycles. The minimum Gasteiger partial charge on any atom is -0.870 e. The fourth-order valence-corrected chi connectivity index (χ4v) is 5.02. The number of fused-ring (bicyclic) bond motifs is 1. The largest absolute Gasteiger partial charge is 1.00 e. The van der Waals surface area contributed by atoms with Crippen LogP contribution in [-0.2, 0) is 10.1 Å². The van der Waals surface area contributed by atoms with Crippen LogP contribution in [0.1, 0.15) is 15.9 Å². The molecule has 13 heteroatoms. The Bertz CT molecular complexity index is 1700. The molecule has 38 heavy (non-hydrogen) atoms. The number of carbonyl (C=O) groups is 1. The van der Waals surface area contributed by atoms with Crippen molar-refractivity contribution in [3.8, 4) is 11.5 Å². The van der Waals surface area contributed by atoms with E-state index in [-0.39, 0.29) is 68.0 Å². The van der Waals surface area contributed by atoms with Crippen LogP contribution in [0.5, 0.6) is 11.5 Å². The molecule has 0 aliphatic heterocycles. The Kier molecular flexibility index (Phi) is 9.43. The minimum absolute atomic E-state index is 0. The summed E-state index contributed by atoms with van der Waals surface area (Å²) in [5.41, 5.74) is 0.231. The molecule has 190 valence electrons. The van der Waals surface area contributed by atoms with E-state index in [2.05, 4.69) is 15.5 Å². The van der Waals surface area contributed by atoms with Gasteiger partial charge in [-0.05, 0) is 48.2 Å². The molecule has 9 nitrogen and oxygen atoms in total. The number of rotatable bonds is 6. The Morgan fingerprint density at radius 2 is 1.76 bits per heavy atom. The zero-order valence-electron chi connectivity index (χ0n) is 20.3. The molecule has 0 spiro atoms. The average Bonchev–Trinajstić information content (AvgIpc) is 2.84. The molecular weight excluding hydrogens is 564 g/mol. The van der Waals surface area contributed by atoms with Crippen LogP contribution in [0.2, 0.25) is 10.0 Å². The van der Waals surface area contributed by atoms with Crippen molar-refractivity contribution in [1.29, 1.82) is 0 Å². The Morgan fingerprint density at radius 3 is 2.45 bits per heavy atom. The molecule has 2 N–H and O–H groups in total. The van der Waals surface area contributed by atoms with E-state index in [1.807, 2.05) is 0 Å². The number of carbonyl (C=O) groups excluding carboxylic acids is 1. The van der Waals surface area contributed by atoms with Gasteiger partial charge in [-0.15, -0.1) is 5.11 Å². The first kappa shape index (κ1) is 29.9. The summed E-state index contributed by atoms with van der Waals surface area (Å²) >= 11 is 12.3. The number of nitrogens with zero attached hydrogens (tertiary/aromatic N) is 2. The van der Waals surface area contributed by atoms with Crippen LogP contribution in [0, 0.1) is 6.92 Å². The number of ether oxygens (including phenoxy) is 1. The van der Waals surface area contributed by atoms with Crippen molar-refractivity contribution in [2.75, 3.05) is 12.4 Å². The molecule has 4 aromatic carbocycles. The molecule has 4 aromatic rings. The maximum atomic E-state index is 13.4. The summed E-state index contributed by atoms with van der Waals surface area (Å²) in [6, 6.07) is 15.6. The number of halogens is 2. The van der Waals surface area contributed by atoms with Crippen molar-refractivity contribution in [3.05, 3.63) is 81.8 Å². The summed E-state index contributed by atoms with van der Waals surface area (Å²) in [4.78, 5) is 12.6. The van der Waals surface area contributed by atoms with Crippen LogP contribution in [0.25, 0.3) is 10.8 Å². The van der Waals surface area contributed by atoms with Gasteiger partial charge in [0.25, 0.3) is 16.0 Å². The maximum absolute atomic E-state index is 13.4. The second-order valence-electron chi connectivity index (χ2n) is 7.87. The molecule has 0 saturated heterocycles. The number of methoxy groups -OCH3 is 1. The summed E-state index contributed by atoms with van der Waals surface area (Å²) in [5.74, 6) is -1.22. The van der Waals surface area contributed by atoms with Crippen molar-refractivity contribution >= 4 is 67.1 Å². The van der Waals surface area contributed by atoms with Gasteiger partial charge < -0.3 is 15.2 Å². The summed E-state index contributed by atoms with van der Waals surface area (Å²) in [6.45, 7) is 1.58. The Balaban J connectivity index is 0.00000400. The van der Waals surface area contributed by atoms with E-state index < -0.39 is 26.7 Å². The summed E-state index contributed by atoms with van der Waals surface area (Å²) in [7, 11) is -3.23. The number of amides is 1. The Hall–Kier alpha value is -2.70. The van der Waals surface area contributed by atoms with Crippen molar-refractivity contribution in [3.63, 3.8) is 0 Å². The average molecular weight is 582 g/mol. The van der Waals surface area contributed by atoms with Gasteiger partial charge in [0.2, 0.25) is 0 Å². The van der Waals surface area contributed by atoms with Gasteiger partial charge in [-0.3, -0.25) is 9.35 Å². The topological polar surface area (TPSA) is 140 Å². The molecule has 0 bridgehead atoms. The molecule has 1 amide bonds. The number of nitrogens with one attached hydrogen (secondary N) is 1. The summed E-state index contributed by atoms with van der Waals surface area (Å²) in [5, 5.41) is 24.9. The number of azo groups is 1. The van der Waals surface area contributed by atoms with Gasteiger partial charge in [0, 0.05) is 10.9 Å². The van der Waals surface area contributed by atoms with E-state index in [1.54, 1.807) is 49.4 Å². The van der Waals surface area contributed by atoms with Gasteiger partial charge in [0.05, 0.1) is 28.5 Å². The molecule has 0 aliphatic rings. The summed E-state index contributed by atoms with van der Waals surface area (Å²) in [6.07, 6.45) is 0. The number of aryl methyl sites for hydroxylation is 1. The second-order valence-corrected chi connectivity index (χ2v) is 10.0. The van der Waals surface area contributed by atoms with Crippen LogP contribution in [0.15, 0.2) is 75.8 Å². The van der Waals surface area contributed by atoms with Crippen molar-refractivity contribution in [2.24, 2.45) is 10.2 Å². The van der Waals surface area contributed by atoms with E-state index in [0.717, 1.165) is 0 Å². The van der Waals surface area contributed by atoms with E-state index in [0.29, 0.717) is 16.3 Å². The van der Waals surface area contributed by atoms with Crippen molar-refractivity contribution in [2.45, 2.75) is 11.8 Å². The van der Waals surface area contributed by atoms with Gasteiger partial charge in [-0.1, -0.05) is 59.3 Å². The molecular formula is C25H18Cl2N3NaO6S. The van der Waals surface area contributed by atoms with E-state index in [1.165, 1.54) is 25.3 Å². The third-order valence-corrected chi connectivity index (χ3v) is 7.02. The predicted molar refractivity (Wildman–Crippen MR) is 140 cm³/mol. The SMILES string of the molecule is COc1c(Cl)cccc1NC(=O)c1cc2ccccc2c(N=Nc2cc(C)cc(S(=O)(=O)O)c2Cl)c1[O-].[Na+]. The minimum atomic E-state index is -4.63. The molecule has 0 unspecified atom stereocenters. The maximum Gasteiger partial charge on any atom is 1.00 e.